The second kappa shape index (κ2) is 8.05. The molecule has 0 amide bonds. The van der Waals surface area contributed by atoms with Crippen molar-refractivity contribution in [2.75, 3.05) is 26.7 Å². The van der Waals surface area contributed by atoms with Crippen LogP contribution in [-0.4, -0.2) is 65.2 Å². The molecule has 1 aromatic heterocycles. The molecule has 2 heterocycles. The molecular weight excluding hydrogens is 371 g/mol. The van der Waals surface area contributed by atoms with E-state index in [1.54, 1.807) is 12.1 Å². The van der Waals surface area contributed by atoms with Crippen molar-refractivity contribution in [1.82, 2.24) is 19.4 Å². The van der Waals surface area contributed by atoms with Crippen molar-refractivity contribution in [1.29, 1.82) is 0 Å². The summed E-state index contributed by atoms with van der Waals surface area (Å²) in [6, 6.07) is 6.29. The van der Waals surface area contributed by atoms with Gasteiger partial charge in [0.15, 0.2) is 0 Å². The number of rotatable bonds is 6. The average molecular weight is 396 g/mol. The van der Waals surface area contributed by atoms with Gasteiger partial charge in [-0.05, 0) is 44.0 Å². The second-order valence-electron chi connectivity index (χ2n) is 7.21. The summed E-state index contributed by atoms with van der Waals surface area (Å²) < 4.78 is 39.7. The summed E-state index contributed by atoms with van der Waals surface area (Å²) in [5, 5.41) is 17.3. The van der Waals surface area contributed by atoms with Crippen LogP contribution in [0.3, 0.4) is 0 Å². The van der Waals surface area contributed by atoms with E-state index in [9.17, 15) is 17.9 Å². The van der Waals surface area contributed by atoms with Gasteiger partial charge in [0, 0.05) is 32.4 Å². The van der Waals surface area contributed by atoms with Crippen LogP contribution in [0.15, 0.2) is 41.6 Å². The number of aromatic nitrogens is 2. The molecule has 0 aliphatic carbocycles. The molecule has 7 nitrogen and oxygen atoms in total. The van der Waals surface area contributed by atoms with Gasteiger partial charge in [-0.2, -0.15) is 9.40 Å². The largest absolute Gasteiger partial charge is 0.389 e. The van der Waals surface area contributed by atoms with Gasteiger partial charge in [0.25, 0.3) is 0 Å². The number of aromatic amines is 1. The Morgan fingerprint density at radius 1 is 1.30 bits per heavy atom. The lowest BCUT2D eigenvalue weighted by atomic mass is 9.94. The van der Waals surface area contributed by atoms with E-state index in [0.29, 0.717) is 38.9 Å². The van der Waals surface area contributed by atoms with Gasteiger partial charge in [0.2, 0.25) is 10.0 Å². The van der Waals surface area contributed by atoms with Gasteiger partial charge in [0.05, 0.1) is 11.8 Å². The van der Waals surface area contributed by atoms with Crippen LogP contribution in [0.1, 0.15) is 24.8 Å². The van der Waals surface area contributed by atoms with Crippen LogP contribution >= 0.6 is 0 Å². The highest BCUT2D eigenvalue weighted by molar-refractivity contribution is 7.89. The SMILES string of the molecule is CN(Cc1ccc(F)cc1)CC1(O)CCCN(S(=O)(=O)c2cn[nH]c2)CC1. The predicted octanol–water partition coefficient (Wildman–Crippen LogP) is 1.59. The first-order valence-electron chi connectivity index (χ1n) is 8.93. The van der Waals surface area contributed by atoms with Crippen LogP contribution in [0, 0.1) is 5.82 Å². The average Bonchev–Trinajstić information content (AvgIpc) is 3.08. The van der Waals surface area contributed by atoms with E-state index in [1.807, 2.05) is 11.9 Å². The van der Waals surface area contributed by atoms with E-state index >= 15 is 0 Å². The molecule has 148 valence electrons. The van der Waals surface area contributed by atoms with Crippen LogP contribution in [0.2, 0.25) is 0 Å². The summed E-state index contributed by atoms with van der Waals surface area (Å²) in [5.74, 6) is -0.275. The summed E-state index contributed by atoms with van der Waals surface area (Å²) in [6.07, 6.45) is 4.12. The number of likely N-dealkylation sites (N-methyl/N-ethyl adjacent to an activating group) is 1. The summed E-state index contributed by atoms with van der Waals surface area (Å²) in [7, 11) is -1.70. The molecule has 2 aromatic rings. The normalized spacial score (nSPS) is 22.1. The zero-order valence-corrected chi connectivity index (χ0v) is 16.1. The third kappa shape index (κ3) is 4.92. The molecule has 2 N–H and O–H groups in total. The number of hydrogen-bond acceptors (Lipinski definition) is 5. The lowest BCUT2D eigenvalue weighted by Crippen LogP contribution is -2.42. The Bertz CT molecular complexity index is 842. The lowest BCUT2D eigenvalue weighted by Gasteiger charge is -2.31. The number of aliphatic hydroxyl groups is 1. The lowest BCUT2D eigenvalue weighted by molar-refractivity contribution is -0.00314. The van der Waals surface area contributed by atoms with Gasteiger partial charge < -0.3 is 5.11 Å². The maximum absolute atomic E-state index is 13.0. The molecule has 3 rings (SSSR count). The minimum absolute atomic E-state index is 0.140. The monoisotopic (exact) mass is 396 g/mol. The number of sulfonamides is 1. The van der Waals surface area contributed by atoms with E-state index < -0.39 is 15.6 Å². The quantitative estimate of drug-likeness (QED) is 0.774. The van der Waals surface area contributed by atoms with Gasteiger partial charge in [-0.1, -0.05) is 12.1 Å². The Hall–Kier alpha value is -1.81. The zero-order valence-electron chi connectivity index (χ0n) is 15.3. The standard InChI is InChI=1S/C18H25FN4O3S/c1-22(13-15-3-5-16(19)6-4-15)14-18(24)7-2-9-23(10-8-18)27(25,26)17-11-20-21-12-17/h3-6,11-12,24H,2,7-10,13-14H2,1H3,(H,20,21). The van der Waals surface area contributed by atoms with Crippen molar-refractivity contribution < 1.29 is 17.9 Å². The minimum atomic E-state index is -3.59. The first-order valence-corrected chi connectivity index (χ1v) is 10.4. The first-order chi connectivity index (χ1) is 12.8. The summed E-state index contributed by atoms with van der Waals surface area (Å²) >= 11 is 0. The van der Waals surface area contributed by atoms with E-state index in [4.69, 9.17) is 0 Å². The Labute approximate surface area is 158 Å². The summed E-state index contributed by atoms with van der Waals surface area (Å²) in [6.45, 7) is 1.63. The van der Waals surface area contributed by atoms with Crippen molar-refractivity contribution in [3.8, 4) is 0 Å². The molecule has 9 heteroatoms. The van der Waals surface area contributed by atoms with Crippen LogP contribution in [0.4, 0.5) is 4.39 Å². The molecule has 1 aliphatic rings. The Morgan fingerprint density at radius 3 is 2.70 bits per heavy atom. The maximum Gasteiger partial charge on any atom is 0.246 e. The maximum atomic E-state index is 13.0. The van der Waals surface area contributed by atoms with Crippen molar-refractivity contribution in [2.45, 2.75) is 36.3 Å². The highest BCUT2D eigenvalue weighted by atomic mass is 32.2. The predicted molar refractivity (Wildman–Crippen MR) is 98.9 cm³/mol. The minimum Gasteiger partial charge on any atom is -0.389 e. The third-order valence-corrected chi connectivity index (χ3v) is 6.78. The molecule has 1 aliphatic heterocycles. The van der Waals surface area contributed by atoms with Crippen molar-refractivity contribution in [2.24, 2.45) is 0 Å². The summed E-state index contributed by atoms with van der Waals surface area (Å²) in [5.41, 5.74) is -0.00425. The van der Waals surface area contributed by atoms with Crippen molar-refractivity contribution in [3.63, 3.8) is 0 Å². The van der Waals surface area contributed by atoms with E-state index in [1.165, 1.54) is 28.8 Å². The first kappa shape index (κ1) is 19.9. The zero-order chi connectivity index (χ0) is 19.5. The van der Waals surface area contributed by atoms with Gasteiger partial charge in [-0.15, -0.1) is 0 Å². The molecule has 1 atom stereocenters. The van der Waals surface area contributed by atoms with Crippen molar-refractivity contribution in [3.05, 3.63) is 48.0 Å². The van der Waals surface area contributed by atoms with Gasteiger partial charge in [-0.25, -0.2) is 12.8 Å². The third-order valence-electron chi connectivity index (χ3n) is 4.92. The highest BCUT2D eigenvalue weighted by Crippen LogP contribution is 2.27. The number of H-pyrrole nitrogens is 1. The molecule has 27 heavy (non-hydrogen) atoms. The Balaban J connectivity index is 1.61. The van der Waals surface area contributed by atoms with Gasteiger partial charge in [-0.3, -0.25) is 10.00 Å². The molecule has 0 bridgehead atoms. The molecule has 1 saturated heterocycles. The van der Waals surface area contributed by atoms with Crippen LogP contribution < -0.4 is 0 Å². The van der Waals surface area contributed by atoms with Crippen LogP contribution in [-0.2, 0) is 16.6 Å². The molecule has 0 spiro atoms. The molecule has 0 radical (unpaired) electrons. The molecule has 1 fully saturated rings. The van der Waals surface area contributed by atoms with E-state index in [-0.39, 0.29) is 17.3 Å². The van der Waals surface area contributed by atoms with E-state index in [0.717, 1.165) is 5.56 Å². The fourth-order valence-corrected chi connectivity index (χ4v) is 4.93. The van der Waals surface area contributed by atoms with Crippen LogP contribution in [0.5, 0.6) is 0 Å². The smallest absolute Gasteiger partial charge is 0.246 e. The topological polar surface area (TPSA) is 89.5 Å². The fraction of sp³-hybridized carbons (Fsp3) is 0.500. The summed E-state index contributed by atoms with van der Waals surface area (Å²) in [4.78, 5) is 2.12. The van der Waals surface area contributed by atoms with Gasteiger partial charge >= 0.3 is 0 Å². The molecule has 1 aromatic carbocycles. The number of hydrogen-bond donors (Lipinski definition) is 2. The second-order valence-corrected chi connectivity index (χ2v) is 9.15. The van der Waals surface area contributed by atoms with E-state index in [2.05, 4.69) is 10.2 Å². The molecule has 0 saturated carbocycles. The van der Waals surface area contributed by atoms with Crippen molar-refractivity contribution >= 4 is 10.0 Å². The number of halogens is 1. The van der Waals surface area contributed by atoms with Crippen LogP contribution in [0.25, 0.3) is 0 Å². The molecule has 1 unspecified atom stereocenters. The number of benzene rings is 1. The Kier molecular flexibility index (Phi) is 5.95. The Morgan fingerprint density at radius 2 is 2.04 bits per heavy atom. The highest BCUT2D eigenvalue weighted by Gasteiger charge is 2.35. The number of nitrogens with zero attached hydrogens (tertiary/aromatic N) is 3. The molecular formula is C18H25FN4O3S. The fourth-order valence-electron chi connectivity index (χ4n) is 3.54. The number of nitrogens with one attached hydrogen (secondary N) is 1. The van der Waals surface area contributed by atoms with Gasteiger partial charge in [0.1, 0.15) is 10.7 Å².